The highest BCUT2D eigenvalue weighted by molar-refractivity contribution is 6.74. The maximum atomic E-state index is 12.4. The third kappa shape index (κ3) is 8.66. The SMILES string of the molecule is C[C@H](Cc1cccc(CC(=O)NCC2CCC2)c1)NC[C@@H](O[Si](C)(C)C(C)(C)C)c1ccc(O)c(CO)c1. The Morgan fingerprint density at radius 3 is 2.47 bits per heavy atom. The van der Waals surface area contributed by atoms with Crippen molar-refractivity contribution in [3.8, 4) is 5.75 Å². The van der Waals surface area contributed by atoms with E-state index in [1.165, 1.54) is 24.8 Å². The number of hydrogen-bond acceptors (Lipinski definition) is 5. The summed E-state index contributed by atoms with van der Waals surface area (Å²) < 4.78 is 6.81. The Bertz CT molecular complexity index is 1060. The second-order valence-corrected chi connectivity index (χ2v) is 17.3. The molecule has 38 heavy (non-hydrogen) atoms. The monoisotopic (exact) mass is 540 g/mol. The molecule has 1 saturated carbocycles. The predicted molar refractivity (Wildman–Crippen MR) is 157 cm³/mol. The fraction of sp³-hybridized carbons (Fsp3) is 0.581. The van der Waals surface area contributed by atoms with Crippen molar-refractivity contribution in [1.29, 1.82) is 0 Å². The number of carbonyl (C=O) groups excluding carboxylic acids is 1. The van der Waals surface area contributed by atoms with Gasteiger partial charge in [-0.15, -0.1) is 0 Å². The van der Waals surface area contributed by atoms with E-state index < -0.39 is 8.32 Å². The number of rotatable bonds is 13. The zero-order valence-electron chi connectivity index (χ0n) is 24.1. The summed E-state index contributed by atoms with van der Waals surface area (Å²) in [4.78, 5) is 12.4. The zero-order valence-corrected chi connectivity index (χ0v) is 25.1. The van der Waals surface area contributed by atoms with E-state index in [2.05, 4.69) is 63.6 Å². The highest BCUT2D eigenvalue weighted by atomic mass is 28.4. The minimum Gasteiger partial charge on any atom is -0.508 e. The molecule has 2 atom stereocenters. The van der Waals surface area contributed by atoms with Crippen LogP contribution in [0.25, 0.3) is 0 Å². The number of aliphatic hydroxyl groups excluding tert-OH is 1. The highest BCUT2D eigenvalue weighted by Crippen LogP contribution is 2.40. The number of benzene rings is 2. The molecular weight excluding hydrogens is 492 g/mol. The van der Waals surface area contributed by atoms with Gasteiger partial charge in [-0.3, -0.25) is 4.79 Å². The average molecular weight is 541 g/mol. The Kier molecular flexibility index (Phi) is 10.6. The van der Waals surface area contributed by atoms with Gasteiger partial charge >= 0.3 is 0 Å². The number of aliphatic hydroxyl groups is 1. The number of amides is 1. The number of carbonyl (C=O) groups is 1. The van der Waals surface area contributed by atoms with Crippen LogP contribution in [-0.4, -0.2) is 43.6 Å². The summed E-state index contributed by atoms with van der Waals surface area (Å²) in [6, 6.07) is 13.9. The number of nitrogens with one attached hydrogen (secondary N) is 2. The van der Waals surface area contributed by atoms with Crippen molar-refractivity contribution in [2.75, 3.05) is 13.1 Å². The maximum absolute atomic E-state index is 12.4. The smallest absolute Gasteiger partial charge is 0.224 e. The van der Waals surface area contributed by atoms with Crippen molar-refractivity contribution < 1.29 is 19.4 Å². The van der Waals surface area contributed by atoms with Crippen molar-refractivity contribution in [3.05, 3.63) is 64.7 Å². The standard InChI is InChI=1S/C31H48N2O4Si/c1-22(15-24-11-8-12-25(16-24)17-30(36)33-19-23-9-7-10-23)32-20-29(37-38(5,6)31(2,3)4)26-13-14-28(35)27(18-26)21-34/h8,11-14,16,18,22-23,29,32,34-35H,7,9-10,15,17,19-21H2,1-6H3,(H,33,36)/t22-,29-/m1/s1. The lowest BCUT2D eigenvalue weighted by Gasteiger charge is -2.40. The largest absolute Gasteiger partial charge is 0.508 e. The Morgan fingerprint density at radius 1 is 1.13 bits per heavy atom. The molecule has 0 aliphatic heterocycles. The first-order valence-corrected chi connectivity index (χ1v) is 17.0. The molecule has 1 aliphatic rings. The van der Waals surface area contributed by atoms with Gasteiger partial charge in [0.2, 0.25) is 5.91 Å². The van der Waals surface area contributed by atoms with Crippen LogP contribution in [0.15, 0.2) is 42.5 Å². The molecular formula is C31H48N2O4Si. The van der Waals surface area contributed by atoms with Gasteiger partial charge in [0.25, 0.3) is 0 Å². The molecule has 0 bridgehead atoms. The molecule has 1 aliphatic carbocycles. The molecule has 0 unspecified atom stereocenters. The van der Waals surface area contributed by atoms with E-state index in [0.29, 0.717) is 24.4 Å². The van der Waals surface area contributed by atoms with E-state index in [-0.39, 0.29) is 35.4 Å². The number of aromatic hydroxyl groups is 1. The molecule has 6 nitrogen and oxygen atoms in total. The molecule has 0 saturated heterocycles. The second-order valence-electron chi connectivity index (χ2n) is 12.5. The van der Waals surface area contributed by atoms with Crippen LogP contribution in [0.2, 0.25) is 18.1 Å². The van der Waals surface area contributed by atoms with Gasteiger partial charge in [-0.25, -0.2) is 0 Å². The van der Waals surface area contributed by atoms with Crippen LogP contribution in [-0.2, 0) is 28.7 Å². The number of phenols is 1. The lowest BCUT2D eigenvalue weighted by molar-refractivity contribution is -0.120. The molecule has 7 heteroatoms. The van der Waals surface area contributed by atoms with Gasteiger partial charge in [0.05, 0.1) is 19.1 Å². The van der Waals surface area contributed by atoms with E-state index >= 15 is 0 Å². The summed E-state index contributed by atoms with van der Waals surface area (Å²) in [6.45, 7) is 14.5. The highest BCUT2D eigenvalue weighted by Gasteiger charge is 2.39. The fourth-order valence-electron chi connectivity index (χ4n) is 4.50. The van der Waals surface area contributed by atoms with Crippen LogP contribution < -0.4 is 10.6 Å². The molecule has 1 fully saturated rings. The quantitative estimate of drug-likeness (QED) is 0.247. The predicted octanol–water partition coefficient (Wildman–Crippen LogP) is 5.63. The van der Waals surface area contributed by atoms with Crippen molar-refractivity contribution in [2.45, 2.75) is 96.7 Å². The van der Waals surface area contributed by atoms with Gasteiger partial charge in [-0.05, 0) is 79.1 Å². The topological polar surface area (TPSA) is 90.8 Å². The molecule has 0 aromatic heterocycles. The second kappa shape index (κ2) is 13.2. The van der Waals surface area contributed by atoms with Gasteiger partial charge in [-0.2, -0.15) is 0 Å². The van der Waals surface area contributed by atoms with Gasteiger partial charge in [-0.1, -0.05) is 57.5 Å². The van der Waals surface area contributed by atoms with Crippen LogP contribution in [0.5, 0.6) is 5.75 Å². The van der Waals surface area contributed by atoms with Gasteiger partial charge < -0.3 is 25.3 Å². The lowest BCUT2D eigenvalue weighted by Crippen LogP contribution is -2.44. The van der Waals surface area contributed by atoms with E-state index in [9.17, 15) is 15.0 Å². The van der Waals surface area contributed by atoms with E-state index in [1.54, 1.807) is 6.07 Å². The van der Waals surface area contributed by atoms with Crippen molar-refractivity contribution >= 4 is 14.2 Å². The Hall–Kier alpha value is -2.19. The van der Waals surface area contributed by atoms with Crippen LogP contribution in [0.4, 0.5) is 0 Å². The molecule has 210 valence electrons. The molecule has 4 N–H and O–H groups in total. The Labute approximate surface area is 230 Å². The molecule has 2 aromatic rings. The summed E-state index contributed by atoms with van der Waals surface area (Å²) in [5, 5.41) is 26.6. The third-order valence-corrected chi connectivity index (χ3v) is 12.7. The van der Waals surface area contributed by atoms with E-state index in [4.69, 9.17) is 4.43 Å². The summed E-state index contributed by atoms with van der Waals surface area (Å²) in [7, 11) is -2.08. The molecule has 0 radical (unpaired) electrons. The van der Waals surface area contributed by atoms with Crippen molar-refractivity contribution in [2.24, 2.45) is 5.92 Å². The van der Waals surface area contributed by atoms with Crippen LogP contribution >= 0.6 is 0 Å². The summed E-state index contributed by atoms with van der Waals surface area (Å²) in [5.74, 6) is 0.862. The normalized spacial score (nSPS) is 16.1. The van der Waals surface area contributed by atoms with Gasteiger partial charge in [0.15, 0.2) is 8.32 Å². The lowest BCUT2D eigenvalue weighted by atomic mass is 9.85. The molecule has 1 amide bonds. The third-order valence-electron chi connectivity index (χ3n) is 8.25. The van der Waals surface area contributed by atoms with Gasteiger partial charge in [0.1, 0.15) is 5.75 Å². The first-order chi connectivity index (χ1) is 17.9. The van der Waals surface area contributed by atoms with Crippen LogP contribution in [0.1, 0.15) is 75.3 Å². The molecule has 2 aromatic carbocycles. The van der Waals surface area contributed by atoms with Gasteiger partial charge in [0, 0.05) is 24.7 Å². The first kappa shape index (κ1) is 30.3. The first-order valence-electron chi connectivity index (χ1n) is 14.1. The minimum atomic E-state index is -2.08. The Balaban J connectivity index is 1.62. The van der Waals surface area contributed by atoms with Crippen LogP contribution in [0.3, 0.4) is 0 Å². The summed E-state index contributed by atoms with van der Waals surface area (Å²) >= 11 is 0. The van der Waals surface area contributed by atoms with Crippen molar-refractivity contribution in [1.82, 2.24) is 10.6 Å². The molecule has 3 rings (SSSR count). The maximum Gasteiger partial charge on any atom is 0.224 e. The van der Waals surface area contributed by atoms with Crippen LogP contribution in [0, 0.1) is 5.92 Å². The zero-order chi connectivity index (χ0) is 27.9. The van der Waals surface area contributed by atoms with E-state index in [0.717, 1.165) is 24.1 Å². The minimum absolute atomic E-state index is 0.0538. The Morgan fingerprint density at radius 2 is 1.84 bits per heavy atom. The van der Waals surface area contributed by atoms with Crippen molar-refractivity contribution in [3.63, 3.8) is 0 Å². The summed E-state index contributed by atoms with van der Waals surface area (Å²) in [5.41, 5.74) is 3.70. The summed E-state index contributed by atoms with van der Waals surface area (Å²) in [6.07, 6.45) is 4.81. The average Bonchev–Trinajstić information content (AvgIpc) is 2.80. The fourth-order valence-corrected chi connectivity index (χ4v) is 5.78. The molecule has 0 heterocycles. The van der Waals surface area contributed by atoms with E-state index in [1.807, 2.05) is 24.3 Å². The number of hydrogen-bond donors (Lipinski definition) is 4. The molecule has 0 spiro atoms.